The number of carboxylic acids is 1. The number of benzene rings is 1. The van der Waals surface area contributed by atoms with Crippen LogP contribution in [0.15, 0.2) is 24.3 Å². The maximum atomic E-state index is 12.7. The quantitative estimate of drug-likeness (QED) is 0.925. The Labute approximate surface area is 124 Å². The Morgan fingerprint density at radius 3 is 2.76 bits per heavy atom. The molecule has 1 aliphatic rings. The van der Waals surface area contributed by atoms with E-state index in [1.807, 2.05) is 13.0 Å². The summed E-state index contributed by atoms with van der Waals surface area (Å²) in [7, 11) is 0. The predicted octanol–water partition coefficient (Wildman–Crippen LogP) is 2.41. The number of aliphatic carboxylic acids is 1. The molecule has 0 aromatic heterocycles. The van der Waals surface area contributed by atoms with E-state index in [1.54, 1.807) is 30.0 Å². The first-order valence-electron chi connectivity index (χ1n) is 7.22. The fraction of sp³-hybridized carbons (Fsp3) is 0.500. The van der Waals surface area contributed by atoms with Crippen molar-refractivity contribution >= 4 is 11.9 Å². The van der Waals surface area contributed by atoms with Crippen LogP contribution in [-0.4, -0.2) is 41.6 Å². The van der Waals surface area contributed by atoms with E-state index in [2.05, 4.69) is 0 Å². The lowest BCUT2D eigenvalue weighted by molar-refractivity contribution is -0.150. The molecule has 1 saturated heterocycles. The van der Waals surface area contributed by atoms with Crippen molar-refractivity contribution in [2.24, 2.45) is 5.41 Å². The van der Waals surface area contributed by atoms with Crippen molar-refractivity contribution < 1.29 is 19.4 Å². The topological polar surface area (TPSA) is 66.8 Å². The van der Waals surface area contributed by atoms with E-state index in [1.165, 1.54) is 0 Å². The summed E-state index contributed by atoms with van der Waals surface area (Å²) in [5.74, 6) is -0.461. The van der Waals surface area contributed by atoms with Crippen LogP contribution in [0.3, 0.4) is 0 Å². The lowest BCUT2D eigenvalue weighted by Gasteiger charge is -2.37. The van der Waals surface area contributed by atoms with Gasteiger partial charge in [0, 0.05) is 13.1 Å². The van der Waals surface area contributed by atoms with Crippen molar-refractivity contribution in [1.29, 1.82) is 0 Å². The Kier molecular flexibility index (Phi) is 4.50. The monoisotopic (exact) mass is 291 g/mol. The molecule has 1 heterocycles. The number of para-hydroxylation sites is 1. The number of carbonyl (C=O) groups is 2. The Morgan fingerprint density at radius 2 is 2.10 bits per heavy atom. The molecule has 1 unspecified atom stereocenters. The first-order valence-corrected chi connectivity index (χ1v) is 7.22. The van der Waals surface area contributed by atoms with Gasteiger partial charge in [0.1, 0.15) is 5.75 Å². The van der Waals surface area contributed by atoms with Gasteiger partial charge in [0.25, 0.3) is 5.91 Å². The fourth-order valence-electron chi connectivity index (χ4n) is 2.68. The third-order valence-corrected chi connectivity index (χ3v) is 3.92. The minimum Gasteiger partial charge on any atom is -0.493 e. The number of carbonyl (C=O) groups excluding carboxylic acids is 1. The molecule has 1 aliphatic heterocycles. The Morgan fingerprint density at radius 1 is 1.38 bits per heavy atom. The van der Waals surface area contributed by atoms with Crippen LogP contribution in [0.4, 0.5) is 0 Å². The molecule has 2 rings (SSSR count). The van der Waals surface area contributed by atoms with Crippen LogP contribution in [0.1, 0.15) is 37.0 Å². The minimum atomic E-state index is -0.867. The van der Waals surface area contributed by atoms with Crippen molar-refractivity contribution in [3.05, 3.63) is 29.8 Å². The van der Waals surface area contributed by atoms with E-state index < -0.39 is 11.4 Å². The normalized spacial score (nSPS) is 21.9. The molecule has 5 nitrogen and oxygen atoms in total. The lowest BCUT2D eigenvalue weighted by atomic mass is 9.82. The number of carboxylic acid groups (broad SMARTS) is 1. The Hall–Kier alpha value is -2.04. The van der Waals surface area contributed by atoms with Crippen LogP contribution in [0.25, 0.3) is 0 Å². The van der Waals surface area contributed by atoms with Crippen LogP contribution < -0.4 is 4.74 Å². The summed E-state index contributed by atoms with van der Waals surface area (Å²) in [6.45, 7) is 4.87. The summed E-state index contributed by atoms with van der Waals surface area (Å²) in [5.41, 5.74) is -0.372. The predicted molar refractivity (Wildman–Crippen MR) is 78.5 cm³/mol. The zero-order valence-electron chi connectivity index (χ0n) is 12.5. The van der Waals surface area contributed by atoms with E-state index in [4.69, 9.17) is 4.74 Å². The highest BCUT2D eigenvalue weighted by Gasteiger charge is 2.39. The van der Waals surface area contributed by atoms with E-state index in [0.29, 0.717) is 37.3 Å². The molecule has 0 radical (unpaired) electrons. The molecule has 1 N–H and O–H groups in total. The van der Waals surface area contributed by atoms with Gasteiger partial charge in [-0.05, 0) is 38.8 Å². The molecule has 1 amide bonds. The van der Waals surface area contributed by atoms with Crippen molar-refractivity contribution in [2.75, 3.05) is 19.7 Å². The van der Waals surface area contributed by atoms with Gasteiger partial charge in [-0.15, -0.1) is 0 Å². The average molecular weight is 291 g/mol. The summed E-state index contributed by atoms with van der Waals surface area (Å²) in [6.07, 6.45) is 1.30. The van der Waals surface area contributed by atoms with Gasteiger partial charge in [0.05, 0.1) is 17.6 Å². The van der Waals surface area contributed by atoms with E-state index in [0.717, 1.165) is 0 Å². The molecule has 21 heavy (non-hydrogen) atoms. The molecule has 1 aromatic rings. The number of nitrogens with zero attached hydrogens (tertiary/aromatic N) is 1. The maximum Gasteiger partial charge on any atom is 0.311 e. The van der Waals surface area contributed by atoms with Crippen LogP contribution in [-0.2, 0) is 4.79 Å². The minimum absolute atomic E-state index is 0.161. The first-order chi connectivity index (χ1) is 9.98. The number of hydrogen-bond acceptors (Lipinski definition) is 3. The van der Waals surface area contributed by atoms with Crippen molar-refractivity contribution in [2.45, 2.75) is 26.7 Å². The summed E-state index contributed by atoms with van der Waals surface area (Å²) in [4.78, 5) is 25.7. The highest BCUT2D eigenvalue weighted by Crippen LogP contribution is 2.31. The highest BCUT2D eigenvalue weighted by molar-refractivity contribution is 5.97. The SMILES string of the molecule is CCOc1ccccc1C(=O)N1CCCC(C)(C(=O)O)C1. The summed E-state index contributed by atoms with van der Waals surface area (Å²) in [6, 6.07) is 7.09. The highest BCUT2D eigenvalue weighted by atomic mass is 16.5. The van der Waals surface area contributed by atoms with Gasteiger partial charge in [0.2, 0.25) is 0 Å². The van der Waals surface area contributed by atoms with Crippen molar-refractivity contribution in [3.63, 3.8) is 0 Å². The van der Waals surface area contributed by atoms with E-state index >= 15 is 0 Å². The number of amides is 1. The van der Waals surface area contributed by atoms with Gasteiger partial charge < -0.3 is 14.7 Å². The molecule has 0 aliphatic carbocycles. The average Bonchev–Trinajstić information content (AvgIpc) is 2.47. The second kappa shape index (κ2) is 6.16. The molecule has 0 spiro atoms. The summed E-state index contributed by atoms with van der Waals surface area (Å²) >= 11 is 0. The first kappa shape index (κ1) is 15.4. The molecule has 1 aromatic carbocycles. The number of rotatable bonds is 4. The Balaban J connectivity index is 2.22. The third kappa shape index (κ3) is 3.17. The van der Waals surface area contributed by atoms with E-state index in [9.17, 15) is 14.7 Å². The van der Waals surface area contributed by atoms with Gasteiger partial charge >= 0.3 is 5.97 Å². The maximum absolute atomic E-state index is 12.7. The molecule has 1 atom stereocenters. The standard InChI is InChI=1S/C16H21NO4/c1-3-21-13-8-5-4-7-12(13)14(18)17-10-6-9-16(2,11-17)15(19)20/h4-5,7-8H,3,6,9-11H2,1-2H3,(H,19,20). The van der Waals surface area contributed by atoms with Gasteiger partial charge in [-0.3, -0.25) is 9.59 Å². The number of ether oxygens (including phenoxy) is 1. The van der Waals surface area contributed by atoms with E-state index in [-0.39, 0.29) is 12.5 Å². The largest absolute Gasteiger partial charge is 0.493 e. The molecule has 114 valence electrons. The van der Waals surface area contributed by atoms with Crippen LogP contribution in [0, 0.1) is 5.41 Å². The zero-order chi connectivity index (χ0) is 15.5. The molecule has 0 saturated carbocycles. The molecule has 5 heteroatoms. The number of hydrogen-bond donors (Lipinski definition) is 1. The van der Waals surface area contributed by atoms with Crippen LogP contribution in [0.5, 0.6) is 5.75 Å². The van der Waals surface area contributed by atoms with Gasteiger partial charge in [-0.25, -0.2) is 0 Å². The number of likely N-dealkylation sites (tertiary alicyclic amines) is 1. The van der Waals surface area contributed by atoms with Gasteiger partial charge in [-0.1, -0.05) is 12.1 Å². The summed E-state index contributed by atoms with van der Waals surface area (Å²) in [5, 5.41) is 9.34. The van der Waals surface area contributed by atoms with Crippen LogP contribution >= 0.6 is 0 Å². The molecule has 1 fully saturated rings. The summed E-state index contributed by atoms with van der Waals surface area (Å²) < 4.78 is 5.48. The van der Waals surface area contributed by atoms with Crippen molar-refractivity contribution in [3.8, 4) is 5.75 Å². The van der Waals surface area contributed by atoms with Gasteiger partial charge in [0.15, 0.2) is 0 Å². The fourth-order valence-corrected chi connectivity index (χ4v) is 2.68. The van der Waals surface area contributed by atoms with Crippen molar-refractivity contribution in [1.82, 2.24) is 4.90 Å². The third-order valence-electron chi connectivity index (χ3n) is 3.92. The molecular weight excluding hydrogens is 270 g/mol. The smallest absolute Gasteiger partial charge is 0.311 e. The molecular formula is C16H21NO4. The Bertz CT molecular complexity index is 543. The lowest BCUT2D eigenvalue weighted by Crippen LogP contribution is -2.48. The number of piperidine rings is 1. The second-order valence-corrected chi connectivity index (χ2v) is 5.63. The zero-order valence-corrected chi connectivity index (χ0v) is 12.5. The second-order valence-electron chi connectivity index (χ2n) is 5.63. The van der Waals surface area contributed by atoms with Crippen LogP contribution in [0.2, 0.25) is 0 Å². The van der Waals surface area contributed by atoms with Gasteiger partial charge in [-0.2, -0.15) is 0 Å². The molecule has 0 bridgehead atoms.